The number of thiophene rings is 1. The zero-order chi connectivity index (χ0) is 13.7. The highest BCUT2D eigenvalue weighted by molar-refractivity contribution is 7.11. The summed E-state index contributed by atoms with van der Waals surface area (Å²) in [6, 6.07) is 3.97. The third-order valence-corrected chi connectivity index (χ3v) is 3.78. The van der Waals surface area contributed by atoms with Crippen LogP contribution in [0.5, 0.6) is 0 Å². The van der Waals surface area contributed by atoms with Crippen molar-refractivity contribution >= 4 is 29.7 Å². The van der Waals surface area contributed by atoms with Gasteiger partial charge in [0.15, 0.2) is 0 Å². The molecule has 0 aliphatic heterocycles. The van der Waals surface area contributed by atoms with Crippen LogP contribution in [0, 0.1) is 12.8 Å². The lowest BCUT2D eigenvalue weighted by Crippen LogP contribution is -2.45. The summed E-state index contributed by atoms with van der Waals surface area (Å²) in [6.45, 7) is 8.26. The number of hydrogen-bond acceptors (Lipinski definition) is 3. The third-order valence-electron chi connectivity index (χ3n) is 2.75. The molecule has 0 bridgehead atoms. The number of amides is 1. The smallest absolute Gasteiger partial charge is 0.237 e. The van der Waals surface area contributed by atoms with Gasteiger partial charge in [0.05, 0.1) is 6.04 Å². The van der Waals surface area contributed by atoms with Crippen LogP contribution >= 0.6 is 23.7 Å². The van der Waals surface area contributed by atoms with Gasteiger partial charge in [0.1, 0.15) is 0 Å². The topological polar surface area (TPSA) is 55.1 Å². The SMILES string of the molecule is Cc1ccc(CC(C)NC(=O)[C@@H](N)CC(C)C)s1.Cl. The molecule has 1 rings (SSSR count). The summed E-state index contributed by atoms with van der Waals surface area (Å²) in [5.74, 6) is 0.408. The normalized spacial score (nSPS) is 13.8. The molecule has 1 amide bonds. The number of halogens is 1. The predicted octanol–water partition coefficient (Wildman–Crippen LogP) is 2.90. The Kier molecular flexibility index (Phi) is 8.30. The van der Waals surface area contributed by atoms with E-state index >= 15 is 0 Å². The predicted molar refractivity (Wildman–Crippen MR) is 85.0 cm³/mol. The maximum Gasteiger partial charge on any atom is 0.237 e. The molecule has 0 radical (unpaired) electrons. The van der Waals surface area contributed by atoms with E-state index in [2.05, 4.69) is 38.2 Å². The number of hydrogen-bond donors (Lipinski definition) is 2. The lowest BCUT2D eigenvalue weighted by Gasteiger charge is -2.18. The Labute approximate surface area is 126 Å². The van der Waals surface area contributed by atoms with Crippen LogP contribution in [-0.4, -0.2) is 18.0 Å². The molecule has 3 N–H and O–H groups in total. The molecule has 110 valence electrons. The van der Waals surface area contributed by atoms with Crippen LogP contribution in [0.3, 0.4) is 0 Å². The van der Waals surface area contributed by atoms with Gasteiger partial charge in [-0.15, -0.1) is 23.7 Å². The molecule has 1 aromatic heterocycles. The second-order valence-corrected chi connectivity index (χ2v) is 6.73. The van der Waals surface area contributed by atoms with Crippen LogP contribution in [0.4, 0.5) is 0 Å². The van der Waals surface area contributed by atoms with E-state index in [1.54, 1.807) is 11.3 Å². The van der Waals surface area contributed by atoms with Crippen molar-refractivity contribution in [1.29, 1.82) is 0 Å². The van der Waals surface area contributed by atoms with Crippen LogP contribution in [0.1, 0.15) is 36.9 Å². The minimum atomic E-state index is -0.391. The van der Waals surface area contributed by atoms with Gasteiger partial charge >= 0.3 is 0 Å². The van der Waals surface area contributed by atoms with Crippen LogP contribution in [0.15, 0.2) is 12.1 Å². The maximum absolute atomic E-state index is 11.9. The Morgan fingerprint density at radius 2 is 2.00 bits per heavy atom. The third kappa shape index (κ3) is 6.95. The van der Waals surface area contributed by atoms with Gasteiger partial charge in [-0.2, -0.15) is 0 Å². The van der Waals surface area contributed by atoms with Crippen LogP contribution < -0.4 is 11.1 Å². The number of rotatable bonds is 6. The highest BCUT2D eigenvalue weighted by atomic mass is 35.5. The molecule has 0 aliphatic rings. The summed E-state index contributed by atoms with van der Waals surface area (Å²) in [4.78, 5) is 14.5. The van der Waals surface area contributed by atoms with Crippen molar-refractivity contribution in [1.82, 2.24) is 5.32 Å². The van der Waals surface area contributed by atoms with Gasteiger partial charge in [0.25, 0.3) is 0 Å². The zero-order valence-corrected chi connectivity index (χ0v) is 13.7. The molecular weight excluding hydrogens is 280 g/mol. The van der Waals surface area contributed by atoms with Crippen molar-refractivity contribution in [3.8, 4) is 0 Å². The molecule has 5 heteroatoms. The van der Waals surface area contributed by atoms with Crippen molar-refractivity contribution < 1.29 is 4.79 Å². The maximum atomic E-state index is 11.9. The van der Waals surface area contributed by atoms with Gasteiger partial charge in [0.2, 0.25) is 5.91 Å². The van der Waals surface area contributed by atoms with E-state index in [-0.39, 0.29) is 24.4 Å². The Balaban J connectivity index is 0.00000324. The minimum absolute atomic E-state index is 0. The van der Waals surface area contributed by atoms with Crippen molar-refractivity contribution in [2.75, 3.05) is 0 Å². The van der Waals surface area contributed by atoms with E-state index in [1.165, 1.54) is 9.75 Å². The number of nitrogens with one attached hydrogen (secondary N) is 1. The lowest BCUT2D eigenvalue weighted by molar-refractivity contribution is -0.123. The van der Waals surface area contributed by atoms with Crippen molar-refractivity contribution in [3.63, 3.8) is 0 Å². The first-order valence-electron chi connectivity index (χ1n) is 6.49. The van der Waals surface area contributed by atoms with Gasteiger partial charge in [-0.05, 0) is 38.3 Å². The second kappa shape index (κ2) is 8.56. The molecule has 1 aromatic rings. The fourth-order valence-electron chi connectivity index (χ4n) is 1.91. The standard InChI is InChI=1S/C14H24N2OS.ClH/c1-9(2)7-13(15)14(17)16-10(3)8-12-6-5-11(4)18-12;/h5-6,9-10,13H,7-8,15H2,1-4H3,(H,16,17);1H/t10?,13-;/m0./s1. The summed E-state index contributed by atoms with van der Waals surface area (Å²) in [6.07, 6.45) is 1.61. The first-order valence-corrected chi connectivity index (χ1v) is 7.31. The van der Waals surface area contributed by atoms with Crippen molar-refractivity contribution in [2.24, 2.45) is 11.7 Å². The van der Waals surface area contributed by atoms with Gasteiger partial charge in [-0.25, -0.2) is 0 Å². The molecule has 2 atom stereocenters. The monoisotopic (exact) mass is 304 g/mol. The summed E-state index contributed by atoms with van der Waals surface area (Å²) < 4.78 is 0. The molecule has 3 nitrogen and oxygen atoms in total. The van der Waals surface area contributed by atoms with Crippen molar-refractivity contribution in [3.05, 3.63) is 21.9 Å². The minimum Gasteiger partial charge on any atom is -0.352 e. The molecule has 0 aliphatic carbocycles. The molecule has 0 saturated heterocycles. The van der Waals surface area contributed by atoms with E-state index in [0.717, 1.165) is 12.8 Å². The average Bonchev–Trinajstić information content (AvgIpc) is 2.62. The Morgan fingerprint density at radius 3 is 2.47 bits per heavy atom. The molecule has 19 heavy (non-hydrogen) atoms. The summed E-state index contributed by atoms with van der Waals surface area (Å²) in [7, 11) is 0. The first-order chi connectivity index (χ1) is 8.38. The molecule has 0 saturated carbocycles. The second-order valence-electron chi connectivity index (χ2n) is 5.36. The summed E-state index contributed by atoms with van der Waals surface area (Å²) in [5.41, 5.74) is 5.85. The molecule has 1 unspecified atom stereocenters. The van der Waals surface area contributed by atoms with E-state index in [0.29, 0.717) is 5.92 Å². The lowest BCUT2D eigenvalue weighted by atomic mass is 10.0. The fourth-order valence-corrected chi connectivity index (χ4v) is 2.93. The summed E-state index contributed by atoms with van der Waals surface area (Å²) in [5, 5.41) is 2.99. The largest absolute Gasteiger partial charge is 0.352 e. The molecule has 0 fully saturated rings. The van der Waals surface area contributed by atoms with Gasteiger partial charge < -0.3 is 11.1 Å². The number of nitrogens with two attached hydrogens (primary N) is 1. The van der Waals surface area contributed by atoms with Gasteiger partial charge in [0, 0.05) is 22.2 Å². The zero-order valence-electron chi connectivity index (χ0n) is 12.1. The van der Waals surface area contributed by atoms with E-state index in [1.807, 2.05) is 6.92 Å². The van der Waals surface area contributed by atoms with Crippen LogP contribution in [0.25, 0.3) is 0 Å². The fraction of sp³-hybridized carbons (Fsp3) is 0.643. The first kappa shape index (κ1) is 18.4. The van der Waals surface area contributed by atoms with Gasteiger partial charge in [-0.3, -0.25) is 4.79 Å². The molecule has 0 aromatic carbocycles. The summed E-state index contributed by atoms with van der Waals surface area (Å²) >= 11 is 1.78. The molecular formula is C14H25ClN2OS. The number of carbonyl (C=O) groups excluding carboxylic acids is 1. The van der Waals surface area contributed by atoms with Crippen LogP contribution in [-0.2, 0) is 11.2 Å². The van der Waals surface area contributed by atoms with E-state index < -0.39 is 6.04 Å². The molecule has 1 heterocycles. The highest BCUT2D eigenvalue weighted by Gasteiger charge is 2.17. The van der Waals surface area contributed by atoms with Crippen LogP contribution in [0.2, 0.25) is 0 Å². The quantitative estimate of drug-likeness (QED) is 0.849. The van der Waals surface area contributed by atoms with Crippen molar-refractivity contribution in [2.45, 2.75) is 52.6 Å². The molecule has 0 spiro atoms. The van der Waals surface area contributed by atoms with E-state index in [4.69, 9.17) is 5.73 Å². The average molecular weight is 305 g/mol. The Morgan fingerprint density at radius 1 is 1.37 bits per heavy atom. The van der Waals surface area contributed by atoms with Gasteiger partial charge in [-0.1, -0.05) is 13.8 Å². The highest BCUT2D eigenvalue weighted by Crippen LogP contribution is 2.16. The Hall–Kier alpha value is -0.580. The Bertz CT molecular complexity index is 393. The number of aryl methyl sites for hydroxylation is 1. The van der Waals surface area contributed by atoms with E-state index in [9.17, 15) is 4.79 Å². The number of carbonyl (C=O) groups is 1.